The quantitative estimate of drug-likeness (QED) is 0.871. The van der Waals surface area contributed by atoms with Crippen molar-refractivity contribution >= 4 is 38.1 Å². The predicted octanol–water partition coefficient (Wildman–Crippen LogP) is 1.66. The van der Waals surface area contributed by atoms with E-state index in [-0.39, 0.29) is 23.1 Å². The van der Waals surface area contributed by atoms with Crippen LogP contribution in [0.3, 0.4) is 0 Å². The zero-order chi connectivity index (χ0) is 14.8. The first kappa shape index (κ1) is 14.7. The molecule has 7 heteroatoms. The number of aromatic nitrogens is 1. The minimum atomic E-state index is -3.11. The van der Waals surface area contributed by atoms with Gasteiger partial charge in [-0.3, -0.25) is 4.79 Å². The molecule has 0 aliphatic rings. The Morgan fingerprint density at radius 2 is 2.05 bits per heavy atom. The van der Waals surface area contributed by atoms with Crippen molar-refractivity contribution in [1.82, 2.24) is 10.3 Å². The minimum Gasteiger partial charge on any atom is -0.350 e. The Kier molecular flexibility index (Phi) is 4.25. The predicted molar refractivity (Wildman–Crippen MR) is 78.8 cm³/mol. The van der Waals surface area contributed by atoms with E-state index in [9.17, 15) is 13.2 Å². The van der Waals surface area contributed by atoms with Gasteiger partial charge >= 0.3 is 0 Å². The van der Waals surface area contributed by atoms with Crippen LogP contribution in [0.2, 0.25) is 5.15 Å². The largest absolute Gasteiger partial charge is 0.350 e. The van der Waals surface area contributed by atoms with E-state index >= 15 is 0 Å². The van der Waals surface area contributed by atoms with Gasteiger partial charge in [-0.25, -0.2) is 13.4 Å². The smallest absolute Gasteiger partial charge is 0.269 e. The molecule has 5 nitrogen and oxygen atoms in total. The number of carbonyl (C=O) groups is 1. The number of halogens is 1. The molecular weight excluding hydrogens is 300 g/mol. The molecule has 0 saturated carbocycles. The maximum atomic E-state index is 11.9. The molecular formula is C13H13ClN2O3S. The summed E-state index contributed by atoms with van der Waals surface area (Å²) in [5.74, 6) is -0.554. The van der Waals surface area contributed by atoms with Crippen molar-refractivity contribution in [1.29, 1.82) is 0 Å². The Bertz CT molecular complexity index is 759. The van der Waals surface area contributed by atoms with E-state index in [0.29, 0.717) is 0 Å². The lowest BCUT2D eigenvalue weighted by molar-refractivity contribution is 0.0951. The number of amides is 1. The van der Waals surface area contributed by atoms with Crippen LogP contribution in [-0.2, 0) is 9.84 Å². The monoisotopic (exact) mass is 312 g/mol. The van der Waals surface area contributed by atoms with E-state index in [1.54, 1.807) is 6.07 Å². The first-order valence-electron chi connectivity index (χ1n) is 5.88. The highest BCUT2D eigenvalue weighted by molar-refractivity contribution is 7.90. The molecule has 0 aliphatic carbocycles. The van der Waals surface area contributed by atoms with E-state index in [2.05, 4.69) is 10.3 Å². The Labute approximate surface area is 121 Å². The van der Waals surface area contributed by atoms with Gasteiger partial charge in [0.05, 0.1) is 5.75 Å². The summed E-state index contributed by atoms with van der Waals surface area (Å²) >= 11 is 6.03. The molecule has 0 unspecified atom stereocenters. The van der Waals surface area contributed by atoms with Gasteiger partial charge in [0.2, 0.25) is 0 Å². The van der Waals surface area contributed by atoms with Crippen molar-refractivity contribution in [2.45, 2.75) is 0 Å². The molecule has 0 saturated heterocycles. The number of nitrogens with one attached hydrogen (secondary N) is 1. The number of carbonyl (C=O) groups excluding carboxylic acids is 1. The van der Waals surface area contributed by atoms with Gasteiger partial charge in [0.25, 0.3) is 5.91 Å². The molecule has 0 fully saturated rings. The molecule has 1 amide bonds. The van der Waals surface area contributed by atoms with Crippen LogP contribution in [0, 0.1) is 0 Å². The fraction of sp³-hybridized carbons (Fsp3) is 0.231. The summed E-state index contributed by atoms with van der Waals surface area (Å²) in [4.78, 5) is 15.9. The molecule has 1 aromatic carbocycles. The Morgan fingerprint density at radius 1 is 1.35 bits per heavy atom. The third kappa shape index (κ3) is 3.68. The molecule has 2 aromatic rings. The van der Waals surface area contributed by atoms with E-state index in [4.69, 9.17) is 11.6 Å². The van der Waals surface area contributed by atoms with Crippen LogP contribution >= 0.6 is 11.6 Å². The molecule has 2 rings (SSSR count). The van der Waals surface area contributed by atoms with Gasteiger partial charge in [-0.1, -0.05) is 35.9 Å². The standard InChI is InChI=1S/C13H13ClN2O3S/c1-20(18,19)7-6-15-13(17)11-8-9-4-2-3-5-10(9)12(14)16-11/h2-5,8H,6-7H2,1H3,(H,15,17). The Balaban J connectivity index is 2.18. The summed E-state index contributed by atoms with van der Waals surface area (Å²) < 4.78 is 22.0. The van der Waals surface area contributed by atoms with E-state index in [1.807, 2.05) is 24.3 Å². The lowest BCUT2D eigenvalue weighted by Crippen LogP contribution is -2.29. The van der Waals surface area contributed by atoms with Crippen LogP contribution in [0.1, 0.15) is 10.5 Å². The average molecular weight is 313 g/mol. The van der Waals surface area contributed by atoms with Crippen LogP contribution in [0.25, 0.3) is 10.8 Å². The molecule has 106 valence electrons. The second-order valence-electron chi connectivity index (χ2n) is 4.41. The van der Waals surface area contributed by atoms with Crippen molar-refractivity contribution < 1.29 is 13.2 Å². The van der Waals surface area contributed by atoms with E-state index < -0.39 is 15.7 Å². The van der Waals surface area contributed by atoms with Gasteiger partial charge in [0, 0.05) is 18.2 Å². The summed E-state index contributed by atoms with van der Waals surface area (Å²) in [6.45, 7) is 0.0454. The molecule has 1 N–H and O–H groups in total. The van der Waals surface area contributed by atoms with Crippen LogP contribution in [0.5, 0.6) is 0 Å². The first-order chi connectivity index (χ1) is 9.37. The van der Waals surface area contributed by atoms with Crippen LogP contribution in [0.4, 0.5) is 0 Å². The molecule has 0 bridgehead atoms. The van der Waals surface area contributed by atoms with Crippen molar-refractivity contribution in [2.24, 2.45) is 0 Å². The SMILES string of the molecule is CS(=O)(=O)CCNC(=O)c1cc2ccccc2c(Cl)n1. The summed E-state index contributed by atoms with van der Waals surface area (Å²) in [5.41, 5.74) is 0.169. The summed E-state index contributed by atoms with van der Waals surface area (Å²) in [6.07, 6.45) is 1.12. The highest BCUT2D eigenvalue weighted by Crippen LogP contribution is 2.22. The topological polar surface area (TPSA) is 76.1 Å². The van der Waals surface area contributed by atoms with Gasteiger partial charge in [-0.15, -0.1) is 0 Å². The summed E-state index contributed by atoms with van der Waals surface area (Å²) in [7, 11) is -3.11. The molecule has 1 aromatic heterocycles. The maximum absolute atomic E-state index is 11.9. The average Bonchev–Trinajstić information content (AvgIpc) is 2.37. The third-order valence-electron chi connectivity index (χ3n) is 2.68. The molecule has 0 radical (unpaired) electrons. The number of sulfone groups is 1. The minimum absolute atomic E-state index is 0.0454. The summed E-state index contributed by atoms with van der Waals surface area (Å²) in [5, 5.41) is 4.33. The van der Waals surface area contributed by atoms with Crippen LogP contribution < -0.4 is 5.32 Å². The fourth-order valence-corrected chi connectivity index (χ4v) is 2.45. The van der Waals surface area contributed by atoms with Gasteiger partial charge in [-0.2, -0.15) is 0 Å². The second-order valence-corrected chi connectivity index (χ2v) is 7.02. The molecule has 0 atom stereocenters. The number of nitrogens with zero attached hydrogens (tertiary/aromatic N) is 1. The van der Waals surface area contributed by atoms with E-state index in [1.165, 1.54) is 0 Å². The maximum Gasteiger partial charge on any atom is 0.269 e. The highest BCUT2D eigenvalue weighted by Gasteiger charge is 2.11. The number of benzene rings is 1. The number of pyridine rings is 1. The molecule has 20 heavy (non-hydrogen) atoms. The lowest BCUT2D eigenvalue weighted by atomic mass is 10.1. The lowest BCUT2D eigenvalue weighted by Gasteiger charge is -2.06. The van der Waals surface area contributed by atoms with Gasteiger partial charge in [-0.05, 0) is 11.5 Å². The van der Waals surface area contributed by atoms with Crippen LogP contribution in [0.15, 0.2) is 30.3 Å². The van der Waals surface area contributed by atoms with Gasteiger partial charge in [0.1, 0.15) is 20.7 Å². The second kappa shape index (κ2) is 5.76. The number of hydrogen-bond acceptors (Lipinski definition) is 4. The molecule has 0 spiro atoms. The third-order valence-corrected chi connectivity index (χ3v) is 3.92. The zero-order valence-corrected chi connectivity index (χ0v) is 12.3. The van der Waals surface area contributed by atoms with Crippen LogP contribution in [-0.4, -0.2) is 37.9 Å². The first-order valence-corrected chi connectivity index (χ1v) is 8.32. The van der Waals surface area contributed by atoms with Crippen molar-refractivity contribution in [3.8, 4) is 0 Å². The Hall–Kier alpha value is -1.66. The van der Waals surface area contributed by atoms with Crippen molar-refractivity contribution in [3.05, 3.63) is 41.2 Å². The fourth-order valence-electron chi connectivity index (χ4n) is 1.71. The van der Waals surface area contributed by atoms with Crippen molar-refractivity contribution in [2.75, 3.05) is 18.6 Å². The number of fused-ring (bicyclic) bond motifs is 1. The molecule has 0 aliphatic heterocycles. The zero-order valence-electron chi connectivity index (χ0n) is 10.8. The Morgan fingerprint density at radius 3 is 2.75 bits per heavy atom. The van der Waals surface area contributed by atoms with Crippen molar-refractivity contribution in [3.63, 3.8) is 0 Å². The van der Waals surface area contributed by atoms with Gasteiger partial charge in [0.15, 0.2) is 0 Å². The number of hydrogen-bond donors (Lipinski definition) is 1. The summed E-state index contributed by atoms with van der Waals surface area (Å²) in [6, 6.07) is 8.94. The molecule has 1 heterocycles. The number of rotatable bonds is 4. The van der Waals surface area contributed by atoms with Gasteiger partial charge < -0.3 is 5.32 Å². The normalized spacial score (nSPS) is 11.5. The van der Waals surface area contributed by atoms with E-state index in [0.717, 1.165) is 17.0 Å². The highest BCUT2D eigenvalue weighted by atomic mass is 35.5.